The fourth-order valence-corrected chi connectivity index (χ4v) is 3.64. The molecule has 0 fully saturated rings. The lowest BCUT2D eigenvalue weighted by Crippen LogP contribution is -2.34. The van der Waals surface area contributed by atoms with Crippen LogP contribution in [-0.2, 0) is 6.54 Å². The summed E-state index contributed by atoms with van der Waals surface area (Å²) in [7, 11) is 2.85. The summed E-state index contributed by atoms with van der Waals surface area (Å²) in [6, 6.07) is 12.0. The van der Waals surface area contributed by atoms with Gasteiger partial charge in [0.05, 0.1) is 32.5 Å². The Labute approximate surface area is 182 Å². The van der Waals surface area contributed by atoms with Crippen molar-refractivity contribution in [2.45, 2.75) is 19.0 Å². The summed E-state index contributed by atoms with van der Waals surface area (Å²) >= 11 is 0. The maximum Gasteiger partial charge on any atom is 0.331 e. The summed E-state index contributed by atoms with van der Waals surface area (Å²) in [4.78, 5) is 27.1. The molecule has 1 aromatic heterocycles. The van der Waals surface area contributed by atoms with Crippen LogP contribution in [0.1, 0.15) is 29.2 Å². The van der Waals surface area contributed by atoms with Gasteiger partial charge in [0, 0.05) is 6.42 Å². The van der Waals surface area contributed by atoms with E-state index in [-0.39, 0.29) is 41.8 Å². The zero-order valence-electron chi connectivity index (χ0n) is 17.5. The van der Waals surface area contributed by atoms with Crippen LogP contribution in [0.15, 0.2) is 57.2 Å². The topological polar surface area (TPSA) is 138 Å². The molecule has 4 rings (SSSR count). The molecule has 2 heterocycles. The molecule has 10 heteroatoms. The Hall–Kier alpha value is -4.21. The summed E-state index contributed by atoms with van der Waals surface area (Å²) in [5.74, 6) is -0.122. The SMILES string of the molecule is COc1cc(C2CC(c3c(O)n(Cc4ccccc4)c(=O)[nH]c3=O)=NN2)cc(OC)c1O. The number of benzene rings is 2. The lowest BCUT2D eigenvalue weighted by molar-refractivity contribution is 0.338. The number of phenolic OH excluding ortho intramolecular Hbond substituents is 1. The molecule has 0 aliphatic carbocycles. The number of phenols is 1. The second-order valence-corrected chi connectivity index (χ2v) is 7.25. The van der Waals surface area contributed by atoms with Crippen molar-refractivity contribution in [3.63, 3.8) is 0 Å². The number of H-pyrrole nitrogens is 1. The van der Waals surface area contributed by atoms with Gasteiger partial charge in [0.15, 0.2) is 11.5 Å². The third-order valence-corrected chi connectivity index (χ3v) is 5.30. The van der Waals surface area contributed by atoms with Gasteiger partial charge in [-0.25, -0.2) is 4.79 Å². The third kappa shape index (κ3) is 3.78. The second-order valence-electron chi connectivity index (χ2n) is 7.25. The molecule has 32 heavy (non-hydrogen) atoms. The van der Waals surface area contributed by atoms with E-state index in [1.54, 1.807) is 12.1 Å². The van der Waals surface area contributed by atoms with Gasteiger partial charge in [-0.2, -0.15) is 5.10 Å². The Morgan fingerprint density at radius 1 is 1.09 bits per heavy atom. The van der Waals surface area contributed by atoms with E-state index in [4.69, 9.17) is 9.47 Å². The van der Waals surface area contributed by atoms with Crippen LogP contribution in [0.3, 0.4) is 0 Å². The van der Waals surface area contributed by atoms with Gasteiger partial charge in [0.25, 0.3) is 5.56 Å². The van der Waals surface area contributed by atoms with Gasteiger partial charge >= 0.3 is 5.69 Å². The van der Waals surface area contributed by atoms with Gasteiger partial charge in [-0.3, -0.25) is 14.3 Å². The minimum Gasteiger partial charge on any atom is -0.502 e. The van der Waals surface area contributed by atoms with E-state index in [9.17, 15) is 19.8 Å². The van der Waals surface area contributed by atoms with Crippen LogP contribution in [0.2, 0.25) is 0 Å². The molecule has 1 atom stereocenters. The van der Waals surface area contributed by atoms with Crippen LogP contribution in [0, 0.1) is 0 Å². The van der Waals surface area contributed by atoms with E-state index in [0.29, 0.717) is 11.3 Å². The Bertz CT molecular complexity index is 1270. The molecule has 4 N–H and O–H groups in total. The maximum absolute atomic E-state index is 12.5. The highest BCUT2D eigenvalue weighted by Gasteiger charge is 2.28. The van der Waals surface area contributed by atoms with E-state index >= 15 is 0 Å². The summed E-state index contributed by atoms with van der Waals surface area (Å²) in [5, 5.41) is 25.1. The van der Waals surface area contributed by atoms with Crippen LogP contribution < -0.4 is 26.1 Å². The first-order valence-electron chi connectivity index (χ1n) is 9.80. The zero-order valence-corrected chi connectivity index (χ0v) is 17.5. The Morgan fingerprint density at radius 2 is 1.75 bits per heavy atom. The molecule has 0 saturated heterocycles. The minimum atomic E-state index is -0.723. The number of hydrogen-bond acceptors (Lipinski definition) is 8. The number of hydrazone groups is 1. The van der Waals surface area contributed by atoms with Crippen molar-refractivity contribution in [1.82, 2.24) is 15.0 Å². The number of rotatable bonds is 6. The molecule has 10 nitrogen and oxygen atoms in total. The molecule has 1 aliphatic rings. The van der Waals surface area contributed by atoms with Crippen molar-refractivity contribution < 1.29 is 19.7 Å². The van der Waals surface area contributed by atoms with Crippen LogP contribution in [0.4, 0.5) is 0 Å². The number of ether oxygens (including phenoxy) is 2. The van der Waals surface area contributed by atoms with Crippen molar-refractivity contribution in [3.8, 4) is 23.1 Å². The van der Waals surface area contributed by atoms with Crippen molar-refractivity contribution in [1.29, 1.82) is 0 Å². The predicted octanol–water partition coefficient (Wildman–Crippen LogP) is 1.45. The maximum atomic E-state index is 12.5. The van der Waals surface area contributed by atoms with Gasteiger partial charge in [0.2, 0.25) is 11.6 Å². The average Bonchev–Trinajstić information content (AvgIpc) is 3.27. The minimum absolute atomic E-state index is 0.0757. The molecule has 166 valence electrons. The highest BCUT2D eigenvalue weighted by Crippen LogP contribution is 2.40. The van der Waals surface area contributed by atoms with Crippen molar-refractivity contribution in [3.05, 3.63) is 80.0 Å². The number of methoxy groups -OCH3 is 2. The lowest BCUT2D eigenvalue weighted by atomic mass is 9.99. The fraction of sp³-hybridized carbons (Fsp3) is 0.227. The smallest absolute Gasteiger partial charge is 0.331 e. The molecule has 2 aromatic carbocycles. The van der Waals surface area contributed by atoms with E-state index in [2.05, 4.69) is 15.5 Å². The molecule has 1 unspecified atom stereocenters. The molecule has 0 bridgehead atoms. The molecular formula is C22H22N4O6. The molecule has 0 radical (unpaired) electrons. The van der Waals surface area contributed by atoms with E-state index < -0.39 is 17.1 Å². The lowest BCUT2D eigenvalue weighted by Gasteiger charge is -2.15. The van der Waals surface area contributed by atoms with Crippen LogP contribution >= 0.6 is 0 Å². The summed E-state index contributed by atoms with van der Waals surface area (Å²) < 4.78 is 11.5. The van der Waals surface area contributed by atoms with Crippen molar-refractivity contribution in [2.24, 2.45) is 5.10 Å². The van der Waals surface area contributed by atoms with Gasteiger partial charge in [-0.15, -0.1) is 0 Å². The first-order valence-corrected chi connectivity index (χ1v) is 9.80. The average molecular weight is 438 g/mol. The largest absolute Gasteiger partial charge is 0.502 e. The van der Waals surface area contributed by atoms with E-state index in [1.807, 2.05) is 30.3 Å². The van der Waals surface area contributed by atoms with Gasteiger partial charge in [-0.1, -0.05) is 30.3 Å². The number of nitrogens with one attached hydrogen (secondary N) is 2. The molecule has 3 aromatic rings. The molecule has 0 spiro atoms. The van der Waals surface area contributed by atoms with Gasteiger partial charge in [-0.05, 0) is 23.3 Å². The first kappa shape index (κ1) is 21.0. The Balaban J connectivity index is 1.67. The van der Waals surface area contributed by atoms with Gasteiger partial charge in [0.1, 0.15) is 5.56 Å². The second kappa shape index (κ2) is 8.50. The van der Waals surface area contributed by atoms with Crippen molar-refractivity contribution in [2.75, 3.05) is 14.2 Å². The number of aromatic amines is 1. The van der Waals surface area contributed by atoms with E-state index in [1.165, 1.54) is 14.2 Å². The van der Waals surface area contributed by atoms with Crippen LogP contribution in [0.25, 0.3) is 0 Å². The quantitative estimate of drug-likeness (QED) is 0.457. The van der Waals surface area contributed by atoms with Gasteiger partial charge < -0.3 is 25.1 Å². The highest BCUT2D eigenvalue weighted by molar-refractivity contribution is 6.03. The van der Waals surface area contributed by atoms with E-state index in [0.717, 1.165) is 10.1 Å². The summed E-state index contributed by atoms with van der Waals surface area (Å²) in [5.41, 5.74) is 3.19. The number of nitrogens with zero attached hydrogens (tertiary/aromatic N) is 2. The third-order valence-electron chi connectivity index (χ3n) is 5.30. The number of hydrogen-bond donors (Lipinski definition) is 4. The number of aromatic hydroxyl groups is 2. The monoisotopic (exact) mass is 438 g/mol. The zero-order chi connectivity index (χ0) is 22.8. The predicted molar refractivity (Wildman–Crippen MR) is 117 cm³/mol. The standard InChI is InChI=1S/C22H22N4O6/c1-31-16-8-13(9-17(32-2)19(16)27)14-10-15(25-24-14)18-20(28)23-22(30)26(21(18)29)11-12-6-4-3-5-7-12/h3-9,14,24,27,29H,10-11H2,1-2H3,(H,23,28,30). The summed E-state index contributed by atoms with van der Waals surface area (Å²) in [6.45, 7) is 0.0891. The molecular weight excluding hydrogens is 416 g/mol. The Kier molecular flexibility index (Phi) is 5.59. The number of aromatic nitrogens is 2. The van der Waals surface area contributed by atoms with Crippen LogP contribution in [-0.4, -0.2) is 39.7 Å². The normalized spacial score (nSPS) is 15.2. The summed E-state index contributed by atoms with van der Waals surface area (Å²) in [6.07, 6.45) is 0.247. The van der Waals surface area contributed by atoms with Crippen molar-refractivity contribution >= 4 is 5.71 Å². The molecule has 1 aliphatic heterocycles. The molecule has 0 amide bonds. The van der Waals surface area contributed by atoms with Crippen LogP contribution in [0.5, 0.6) is 23.1 Å². The molecule has 0 saturated carbocycles. The Morgan fingerprint density at radius 3 is 2.38 bits per heavy atom. The fourth-order valence-electron chi connectivity index (χ4n) is 3.64. The highest BCUT2D eigenvalue weighted by atomic mass is 16.5. The first-order chi connectivity index (χ1) is 15.4.